The van der Waals surface area contributed by atoms with Crippen LogP contribution in [0.15, 0.2) is 59.3 Å². The van der Waals surface area contributed by atoms with Crippen LogP contribution < -0.4 is 4.90 Å². The monoisotopic (exact) mass is 338 g/mol. The van der Waals surface area contributed by atoms with Crippen molar-refractivity contribution in [3.05, 3.63) is 66.4 Å². The smallest absolute Gasteiger partial charge is 0.260 e. The molecule has 0 aliphatic carbocycles. The third-order valence-corrected chi connectivity index (χ3v) is 3.85. The number of benzene rings is 1. The lowest BCUT2D eigenvalue weighted by Crippen LogP contribution is -2.12. The number of halogens is 2. The summed E-state index contributed by atoms with van der Waals surface area (Å²) in [4.78, 5) is 10.1. The molecule has 0 amide bonds. The van der Waals surface area contributed by atoms with E-state index in [4.69, 9.17) is 4.52 Å². The first-order valence-corrected chi connectivity index (χ1v) is 7.50. The Morgan fingerprint density at radius 3 is 2.68 bits per heavy atom. The molecule has 5 nitrogen and oxygen atoms in total. The molecule has 7 heteroatoms. The van der Waals surface area contributed by atoms with Gasteiger partial charge in [0.1, 0.15) is 23.1 Å². The van der Waals surface area contributed by atoms with Crippen LogP contribution in [-0.4, -0.2) is 22.2 Å². The average molecular weight is 338 g/mol. The van der Waals surface area contributed by atoms with E-state index in [9.17, 15) is 8.78 Å². The van der Waals surface area contributed by atoms with Gasteiger partial charge in [-0.25, -0.2) is 8.78 Å². The Morgan fingerprint density at radius 1 is 1.04 bits per heavy atom. The number of hydrogen-bond donors (Lipinski definition) is 0. The van der Waals surface area contributed by atoms with Gasteiger partial charge in [0.15, 0.2) is 0 Å². The van der Waals surface area contributed by atoms with E-state index in [0.29, 0.717) is 28.3 Å². The van der Waals surface area contributed by atoms with Gasteiger partial charge in [-0.3, -0.25) is 4.98 Å². The van der Waals surface area contributed by atoms with Crippen LogP contribution in [0, 0.1) is 11.6 Å². The molecule has 4 rings (SSSR count). The van der Waals surface area contributed by atoms with Crippen LogP contribution in [0.5, 0.6) is 0 Å². The minimum atomic E-state index is -0.670. The van der Waals surface area contributed by atoms with Gasteiger partial charge >= 0.3 is 0 Å². The van der Waals surface area contributed by atoms with Crippen LogP contribution in [0.4, 0.5) is 20.3 Å². The Morgan fingerprint density at radius 2 is 1.92 bits per heavy atom. The van der Waals surface area contributed by atoms with E-state index in [1.807, 2.05) is 18.2 Å². The van der Waals surface area contributed by atoms with Crippen LogP contribution in [-0.2, 0) is 0 Å². The average Bonchev–Trinajstić information content (AvgIpc) is 3.05. The van der Waals surface area contributed by atoms with Crippen LogP contribution in [0.1, 0.15) is 0 Å². The second-order valence-electron chi connectivity index (χ2n) is 5.42. The van der Waals surface area contributed by atoms with Gasteiger partial charge in [-0.2, -0.15) is 4.98 Å². The zero-order chi connectivity index (χ0) is 17.4. The van der Waals surface area contributed by atoms with E-state index in [2.05, 4.69) is 15.1 Å². The Balaban J connectivity index is 1.75. The number of nitrogens with zero attached hydrogens (tertiary/aromatic N) is 4. The lowest BCUT2D eigenvalue weighted by Gasteiger charge is -2.18. The molecular weight excluding hydrogens is 326 g/mol. The highest BCUT2D eigenvalue weighted by Gasteiger charge is 2.16. The van der Waals surface area contributed by atoms with E-state index in [-0.39, 0.29) is 5.69 Å². The van der Waals surface area contributed by atoms with Gasteiger partial charge in [0.25, 0.3) is 5.71 Å². The highest BCUT2D eigenvalue weighted by Crippen LogP contribution is 2.30. The standard InChI is InChI=1S/C18H12F2N4O/c1-24(15-7-5-11(19)10-13(15)20)16-8-6-12-17(23-25-18(12)22-16)14-4-2-3-9-21-14/h2-10H,1H3. The van der Waals surface area contributed by atoms with Crippen molar-refractivity contribution in [2.45, 2.75) is 0 Å². The summed E-state index contributed by atoms with van der Waals surface area (Å²) in [6.45, 7) is 0. The fraction of sp³-hybridized carbons (Fsp3) is 0.0556. The van der Waals surface area contributed by atoms with Crippen LogP contribution >= 0.6 is 0 Å². The molecule has 1 aromatic carbocycles. The molecule has 124 valence electrons. The predicted molar refractivity (Wildman–Crippen MR) is 89.5 cm³/mol. The summed E-state index contributed by atoms with van der Waals surface area (Å²) in [5, 5.41) is 4.73. The molecule has 0 aliphatic heterocycles. The van der Waals surface area contributed by atoms with Gasteiger partial charge in [0, 0.05) is 19.3 Å². The van der Waals surface area contributed by atoms with E-state index in [1.54, 1.807) is 25.4 Å². The summed E-state index contributed by atoms with van der Waals surface area (Å²) in [5.41, 5.74) is 1.78. The highest BCUT2D eigenvalue weighted by atomic mass is 19.1. The summed E-state index contributed by atoms with van der Waals surface area (Å²) in [5.74, 6) is -0.855. The number of rotatable bonds is 3. The van der Waals surface area contributed by atoms with Crippen LogP contribution in [0.2, 0.25) is 0 Å². The summed E-state index contributed by atoms with van der Waals surface area (Å²) in [6, 6.07) is 12.4. The summed E-state index contributed by atoms with van der Waals surface area (Å²) < 4.78 is 32.4. The molecule has 0 spiro atoms. The van der Waals surface area contributed by atoms with E-state index in [0.717, 1.165) is 6.07 Å². The minimum absolute atomic E-state index is 0.206. The first-order chi connectivity index (χ1) is 12.1. The summed E-state index contributed by atoms with van der Waals surface area (Å²) in [6.07, 6.45) is 1.67. The predicted octanol–water partition coefficient (Wildman–Crippen LogP) is 4.33. The van der Waals surface area contributed by atoms with Gasteiger partial charge in [0.05, 0.1) is 16.8 Å². The number of fused-ring (bicyclic) bond motifs is 1. The van der Waals surface area contributed by atoms with E-state index in [1.165, 1.54) is 17.0 Å². The number of pyridine rings is 2. The third-order valence-electron chi connectivity index (χ3n) is 3.85. The molecule has 0 radical (unpaired) electrons. The first-order valence-electron chi connectivity index (χ1n) is 7.50. The second-order valence-corrected chi connectivity index (χ2v) is 5.42. The number of anilines is 2. The summed E-state index contributed by atoms with van der Waals surface area (Å²) >= 11 is 0. The quantitative estimate of drug-likeness (QED) is 0.556. The Kier molecular flexibility index (Phi) is 3.61. The van der Waals surface area contributed by atoms with E-state index < -0.39 is 11.6 Å². The van der Waals surface area contributed by atoms with E-state index >= 15 is 0 Å². The van der Waals surface area contributed by atoms with Crippen LogP contribution in [0.3, 0.4) is 0 Å². The topological polar surface area (TPSA) is 55.1 Å². The van der Waals surface area contributed by atoms with Gasteiger partial charge in [-0.05, 0) is 36.4 Å². The molecule has 0 saturated carbocycles. The molecule has 0 N–H and O–H groups in total. The fourth-order valence-electron chi connectivity index (χ4n) is 2.57. The summed E-state index contributed by atoms with van der Waals surface area (Å²) in [7, 11) is 1.64. The molecule has 3 aromatic heterocycles. The molecule has 0 bridgehead atoms. The van der Waals surface area contributed by atoms with Crippen molar-refractivity contribution in [1.82, 2.24) is 15.1 Å². The minimum Gasteiger partial charge on any atom is -0.335 e. The van der Waals surface area contributed by atoms with Crippen molar-refractivity contribution in [2.75, 3.05) is 11.9 Å². The SMILES string of the molecule is CN(c1ccc2c(-c3ccccn3)noc2n1)c1ccc(F)cc1F. The van der Waals surface area contributed by atoms with Gasteiger partial charge < -0.3 is 9.42 Å². The van der Waals surface area contributed by atoms with Crippen molar-refractivity contribution in [3.8, 4) is 11.4 Å². The van der Waals surface area contributed by atoms with Gasteiger partial charge in [0.2, 0.25) is 0 Å². The largest absolute Gasteiger partial charge is 0.335 e. The zero-order valence-electron chi connectivity index (χ0n) is 13.1. The normalized spacial score (nSPS) is 11.0. The third kappa shape index (κ3) is 2.69. The molecule has 25 heavy (non-hydrogen) atoms. The molecule has 0 aliphatic rings. The maximum Gasteiger partial charge on any atom is 0.260 e. The second kappa shape index (κ2) is 5.94. The lowest BCUT2D eigenvalue weighted by atomic mass is 10.2. The zero-order valence-corrected chi connectivity index (χ0v) is 13.1. The molecule has 0 unspecified atom stereocenters. The maximum absolute atomic E-state index is 14.0. The fourth-order valence-corrected chi connectivity index (χ4v) is 2.57. The Labute approximate surface area is 141 Å². The van der Waals surface area contributed by atoms with Gasteiger partial charge in [-0.15, -0.1) is 0 Å². The Bertz CT molecular complexity index is 1050. The van der Waals surface area contributed by atoms with Crippen molar-refractivity contribution in [3.63, 3.8) is 0 Å². The molecule has 4 aromatic rings. The molecule has 0 saturated heterocycles. The Hall–Kier alpha value is -3.35. The van der Waals surface area contributed by atoms with Crippen molar-refractivity contribution >= 4 is 22.6 Å². The van der Waals surface area contributed by atoms with Crippen molar-refractivity contribution < 1.29 is 13.3 Å². The number of hydrogen-bond acceptors (Lipinski definition) is 5. The van der Waals surface area contributed by atoms with Crippen molar-refractivity contribution in [1.29, 1.82) is 0 Å². The maximum atomic E-state index is 14.0. The molecular formula is C18H12F2N4O. The molecule has 0 atom stereocenters. The highest BCUT2D eigenvalue weighted by molar-refractivity contribution is 5.89. The number of aromatic nitrogens is 3. The van der Waals surface area contributed by atoms with Crippen LogP contribution in [0.25, 0.3) is 22.5 Å². The first kappa shape index (κ1) is 15.2. The van der Waals surface area contributed by atoms with Gasteiger partial charge in [-0.1, -0.05) is 11.2 Å². The lowest BCUT2D eigenvalue weighted by molar-refractivity contribution is 0.451. The van der Waals surface area contributed by atoms with Crippen molar-refractivity contribution in [2.24, 2.45) is 0 Å². The molecule has 3 heterocycles. The molecule has 0 fully saturated rings.